The van der Waals surface area contributed by atoms with Crippen molar-refractivity contribution >= 4 is 12.0 Å². The Bertz CT molecular complexity index is 989. The lowest BCUT2D eigenvalue weighted by Gasteiger charge is -2.19. The Hall–Kier alpha value is -2.17. The van der Waals surface area contributed by atoms with Crippen molar-refractivity contribution in [2.45, 2.75) is 233 Å². The van der Waals surface area contributed by atoms with Crippen molar-refractivity contribution in [1.82, 2.24) is 0 Å². The molecule has 1 aromatic carbocycles. The van der Waals surface area contributed by atoms with Gasteiger partial charge in [-0.3, -0.25) is 0 Å². The molecule has 0 aliphatic rings. The highest BCUT2D eigenvalue weighted by atomic mass is 16.5. The third-order valence-corrected chi connectivity index (χ3v) is 10.5. The second-order valence-electron chi connectivity index (χ2n) is 15.8. The first-order valence-corrected chi connectivity index (χ1v) is 23.6. The fourth-order valence-electron chi connectivity index (χ4n) is 6.93. The number of unbranched alkanes of at least 4 members (excludes halogenated alkanes) is 28. The molecule has 0 unspecified atom stereocenters. The molecular weight excluding hydrogens is 669 g/mol. The molecule has 5 heteroatoms. The van der Waals surface area contributed by atoms with Gasteiger partial charge in [0.25, 0.3) is 0 Å². The van der Waals surface area contributed by atoms with E-state index < -0.39 is 0 Å². The Balaban J connectivity index is 2.87. The molecule has 0 bridgehead atoms. The fourth-order valence-corrected chi connectivity index (χ4v) is 6.93. The van der Waals surface area contributed by atoms with Crippen LogP contribution in [0.2, 0.25) is 0 Å². The maximum Gasteiger partial charge on any atom is 0.330 e. The summed E-state index contributed by atoms with van der Waals surface area (Å²) in [5.41, 5.74) is 0.780. The van der Waals surface area contributed by atoms with Gasteiger partial charge in [-0.25, -0.2) is 4.79 Å². The van der Waals surface area contributed by atoms with Gasteiger partial charge in [0, 0.05) is 6.08 Å². The second kappa shape index (κ2) is 39.1. The van der Waals surface area contributed by atoms with Gasteiger partial charge in [-0.2, -0.15) is 0 Å². The maximum absolute atomic E-state index is 12.7. The van der Waals surface area contributed by atoms with E-state index in [4.69, 9.17) is 18.9 Å². The molecule has 1 aromatic rings. The molecule has 0 aliphatic carbocycles. The SMILES string of the molecule is CCCCCCCCCCCCOc1ccc(OCCCCCCCCCCCC)c(OCCCCCCCCCCCC)c1C=CC(=O)OCCCC. The van der Waals surface area contributed by atoms with Crippen LogP contribution in [0, 0.1) is 0 Å². The zero-order valence-corrected chi connectivity index (χ0v) is 36.3. The Morgan fingerprint density at radius 3 is 1.15 bits per heavy atom. The lowest BCUT2D eigenvalue weighted by atomic mass is 10.1. The first-order valence-electron chi connectivity index (χ1n) is 23.6. The van der Waals surface area contributed by atoms with Crippen LogP contribution < -0.4 is 14.2 Å². The molecule has 0 aromatic heterocycles. The van der Waals surface area contributed by atoms with Gasteiger partial charge in [0.15, 0.2) is 11.5 Å². The number of hydrogen-bond acceptors (Lipinski definition) is 5. The van der Waals surface area contributed by atoms with Crippen LogP contribution in [0.4, 0.5) is 0 Å². The molecule has 0 saturated heterocycles. The van der Waals surface area contributed by atoms with Crippen molar-refractivity contribution in [3.05, 3.63) is 23.8 Å². The molecule has 314 valence electrons. The van der Waals surface area contributed by atoms with E-state index in [0.29, 0.717) is 32.2 Å². The molecule has 0 spiro atoms. The normalized spacial score (nSPS) is 11.4. The summed E-state index contributed by atoms with van der Waals surface area (Å²) in [7, 11) is 0. The van der Waals surface area contributed by atoms with Gasteiger partial charge < -0.3 is 18.9 Å². The summed E-state index contributed by atoms with van der Waals surface area (Å²) < 4.78 is 24.9. The van der Waals surface area contributed by atoms with Crippen LogP contribution in [-0.4, -0.2) is 32.4 Å². The minimum atomic E-state index is -0.332. The topological polar surface area (TPSA) is 54.0 Å². The first kappa shape index (κ1) is 49.8. The van der Waals surface area contributed by atoms with Crippen LogP contribution in [0.25, 0.3) is 6.08 Å². The standard InChI is InChI=1S/C49H88O5/c1-5-9-13-16-19-22-25-28-31-34-42-51-46-38-39-47(52-43-35-32-29-26-23-20-17-14-10-6-2)49(45(46)37-40-48(50)53-41-12-8-4)54-44-36-33-30-27-24-21-18-15-11-7-3/h37-40H,5-36,41-44H2,1-4H3. The highest BCUT2D eigenvalue weighted by Gasteiger charge is 2.17. The van der Waals surface area contributed by atoms with Crippen molar-refractivity contribution in [3.8, 4) is 17.2 Å². The van der Waals surface area contributed by atoms with E-state index in [1.54, 1.807) is 0 Å². The number of benzene rings is 1. The largest absolute Gasteiger partial charge is 0.493 e. The van der Waals surface area contributed by atoms with Crippen molar-refractivity contribution in [2.24, 2.45) is 0 Å². The highest BCUT2D eigenvalue weighted by Crippen LogP contribution is 2.39. The quantitative estimate of drug-likeness (QED) is 0.0378. The molecule has 1 rings (SSSR count). The number of hydrogen-bond donors (Lipinski definition) is 0. The molecule has 5 nitrogen and oxygen atoms in total. The summed E-state index contributed by atoms with van der Waals surface area (Å²) in [6.45, 7) is 11.3. The van der Waals surface area contributed by atoms with E-state index in [2.05, 4.69) is 27.7 Å². The third-order valence-electron chi connectivity index (χ3n) is 10.5. The van der Waals surface area contributed by atoms with E-state index in [-0.39, 0.29) is 5.97 Å². The summed E-state index contributed by atoms with van der Waals surface area (Å²) in [6, 6.07) is 4.01. The van der Waals surface area contributed by atoms with Crippen LogP contribution in [0.15, 0.2) is 18.2 Å². The molecule has 0 radical (unpaired) electrons. The monoisotopic (exact) mass is 757 g/mol. The van der Waals surface area contributed by atoms with Gasteiger partial charge in [-0.05, 0) is 43.9 Å². The summed E-state index contributed by atoms with van der Waals surface area (Å²) in [4.78, 5) is 12.7. The summed E-state index contributed by atoms with van der Waals surface area (Å²) >= 11 is 0. The number of carbonyl (C=O) groups is 1. The average Bonchev–Trinajstić information content (AvgIpc) is 3.18. The van der Waals surface area contributed by atoms with E-state index >= 15 is 0 Å². The number of rotatable bonds is 41. The van der Waals surface area contributed by atoms with Crippen molar-refractivity contribution in [1.29, 1.82) is 0 Å². The lowest BCUT2D eigenvalue weighted by molar-refractivity contribution is -0.137. The van der Waals surface area contributed by atoms with Crippen LogP contribution in [0.5, 0.6) is 17.2 Å². The Kier molecular flexibility index (Phi) is 36.1. The van der Waals surface area contributed by atoms with Crippen LogP contribution in [-0.2, 0) is 9.53 Å². The first-order chi connectivity index (χ1) is 26.7. The maximum atomic E-state index is 12.7. The van der Waals surface area contributed by atoms with E-state index in [1.807, 2.05) is 18.2 Å². The Morgan fingerprint density at radius 2 is 0.741 bits per heavy atom. The molecule has 0 fully saturated rings. The molecule has 0 aliphatic heterocycles. The lowest BCUT2D eigenvalue weighted by Crippen LogP contribution is -2.07. The van der Waals surface area contributed by atoms with Gasteiger partial charge in [-0.1, -0.05) is 207 Å². The Morgan fingerprint density at radius 1 is 0.407 bits per heavy atom. The van der Waals surface area contributed by atoms with Crippen molar-refractivity contribution < 1.29 is 23.7 Å². The van der Waals surface area contributed by atoms with Gasteiger partial charge in [0.2, 0.25) is 0 Å². The summed E-state index contributed by atoms with van der Waals surface area (Å²) in [6.07, 6.45) is 43.9. The van der Waals surface area contributed by atoms with E-state index in [0.717, 1.165) is 55.6 Å². The molecule has 0 saturated carbocycles. The van der Waals surface area contributed by atoms with Crippen LogP contribution in [0.3, 0.4) is 0 Å². The number of carbonyl (C=O) groups excluding carboxylic acids is 1. The predicted molar refractivity (Wildman–Crippen MR) is 233 cm³/mol. The molecule has 0 atom stereocenters. The number of ether oxygens (including phenoxy) is 4. The van der Waals surface area contributed by atoms with Crippen molar-refractivity contribution in [3.63, 3.8) is 0 Å². The van der Waals surface area contributed by atoms with Gasteiger partial charge in [-0.15, -0.1) is 0 Å². The van der Waals surface area contributed by atoms with Crippen molar-refractivity contribution in [2.75, 3.05) is 26.4 Å². The third kappa shape index (κ3) is 29.2. The summed E-state index contributed by atoms with van der Waals surface area (Å²) in [5, 5.41) is 0. The minimum absolute atomic E-state index is 0.332. The molecular formula is C49H88O5. The highest BCUT2D eigenvalue weighted by molar-refractivity contribution is 5.88. The van der Waals surface area contributed by atoms with Gasteiger partial charge in [0.1, 0.15) is 5.75 Å². The Labute approximate surface area is 335 Å². The zero-order valence-electron chi connectivity index (χ0n) is 36.3. The average molecular weight is 757 g/mol. The van der Waals surface area contributed by atoms with Gasteiger partial charge >= 0.3 is 5.97 Å². The second-order valence-corrected chi connectivity index (χ2v) is 15.8. The molecule has 0 heterocycles. The zero-order chi connectivity index (χ0) is 39.0. The van der Waals surface area contributed by atoms with Gasteiger partial charge in [0.05, 0.1) is 32.0 Å². The number of esters is 1. The van der Waals surface area contributed by atoms with E-state index in [1.165, 1.54) is 173 Å². The van der Waals surface area contributed by atoms with Crippen LogP contribution in [0.1, 0.15) is 239 Å². The molecule has 54 heavy (non-hydrogen) atoms. The van der Waals surface area contributed by atoms with E-state index in [9.17, 15) is 4.79 Å². The summed E-state index contributed by atoms with van der Waals surface area (Å²) in [5.74, 6) is 1.84. The fraction of sp³-hybridized carbons (Fsp3) is 0.816. The van der Waals surface area contributed by atoms with Crippen LogP contribution >= 0.6 is 0 Å². The smallest absolute Gasteiger partial charge is 0.330 e. The molecule has 0 amide bonds. The minimum Gasteiger partial charge on any atom is -0.493 e. The molecule has 0 N–H and O–H groups in total. The predicted octanol–water partition coefficient (Wildman–Crippen LogP) is 15.9.